The summed E-state index contributed by atoms with van der Waals surface area (Å²) in [5, 5.41) is 3.53. The molecule has 0 saturated carbocycles. The van der Waals surface area contributed by atoms with E-state index in [2.05, 4.69) is 5.10 Å². The van der Waals surface area contributed by atoms with Gasteiger partial charge in [-0.05, 0) is 43.2 Å². The van der Waals surface area contributed by atoms with Crippen molar-refractivity contribution in [3.05, 3.63) is 64.7 Å². The molecule has 0 spiro atoms. The number of hydrogen-bond donors (Lipinski definition) is 1. The number of halogens is 2. The zero-order valence-corrected chi connectivity index (χ0v) is 12.8. The highest BCUT2D eigenvalue weighted by Crippen LogP contribution is 2.16. The van der Waals surface area contributed by atoms with E-state index in [-0.39, 0.29) is 10.5 Å². The van der Waals surface area contributed by atoms with Gasteiger partial charge in [0.1, 0.15) is 11.6 Å². The molecule has 0 bridgehead atoms. The Morgan fingerprint density at radius 3 is 2.50 bits per heavy atom. The second kappa shape index (κ2) is 6.23. The maximum absolute atomic E-state index is 13.4. The number of hydrazone groups is 1. The SMILES string of the molecule is Cc1ccc(C)c(S(=O)(=O)N/N=C\c2ccc(F)cc2F)c1. The van der Waals surface area contributed by atoms with Crippen LogP contribution in [-0.4, -0.2) is 14.6 Å². The van der Waals surface area contributed by atoms with Gasteiger partial charge in [-0.1, -0.05) is 12.1 Å². The number of nitrogens with zero attached hydrogens (tertiary/aromatic N) is 1. The van der Waals surface area contributed by atoms with Crippen LogP contribution in [0, 0.1) is 25.5 Å². The molecule has 0 amide bonds. The van der Waals surface area contributed by atoms with Gasteiger partial charge in [-0.2, -0.15) is 13.5 Å². The summed E-state index contributed by atoms with van der Waals surface area (Å²) in [5.74, 6) is -1.54. The van der Waals surface area contributed by atoms with Crippen LogP contribution in [0.2, 0.25) is 0 Å². The fourth-order valence-electron chi connectivity index (χ4n) is 1.82. The Hall–Kier alpha value is -2.28. The largest absolute Gasteiger partial charge is 0.276 e. The molecule has 2 aromatic carbocycles. The zero-order valence-electron chi connectivity index (χ0n) is 12.0. The quantitative estimate of drug-likeness (QED) is 0.694. The van der Waals surface area contributed by atoms with Crippen LogP contribution in [0.25, 0.3) is 0 Å². The van der Waals surface area contributed by atoms with Crippen molar-refractivity contribution in [2.45, 2.75) is 18.7 Å². The lowest BCUT2D eigenvalue weighted by Crippen LogP contribution is -2.19. The monoisotopic (exact) mass is 324 g/mol. The van der Waals surface area contributed by atoms with Gasteiger partial charge in [0.25, 0.3) is 10.0 Å². The fourth-order valence-corrected chi connectivity index (χ4v) is 2.94. The van der Waals surface area contributed by atoms with Crippen molar-refractivity contribution in [2.75, 3.05) is 0 Å². The average molecular weight is 324 g/mol. The molecule has 0 aliphatic carbocycles. The molecule has 0 saturated heterocycles. The van der Waals surface area contributed by atoms with Crippen LogP contribution in [0.1, 0.15) is 16.7 Å². The molecule has 2 aromatic rings. The molecular formula is C15H14F2N2O2S. The molecule has 4 nitrogen and oxygen atoms in total. The van der Waals surface area contributed by atoms with Crippen molar-refractivity contribution in [3.63, 3.8) is 0 Å². The van der Waals surface area contributed by atoms with Gasteiger partial charge in [0.05, 0.1) is 11.1 Å². The Labute approximate surface area is 127 Å². The van der Waals surface area contributed by atoms with Crippen LogP contribution in [0.5, 0.6) is 0 Å². The van der Waals surface area contributed by atoms with Crippen LogP contribution in [0.4, 0.5) is 8.78 Å². The molecule has 22 heavy (non-hydrogen) atoms. The minimum Gasteiger partial charge on any atom is -0.207 e. The summed E-state index contributed by atoms with van der Waals surface area (Å²) >= 11 is 0. The highest BCUT2D eigenvalue weighted by atomic mass is 32.2. The summed E-state index contributed by atoms with van der Waals surface area (Å²) in [4.78, 5) is 2.12. The summed E-state index contributed by atoms with van der Waals surface area (Å²) in [6, 6.07) is 7.93. The van der Waals surface area contributed by atoms with E-state index in [1.54, 1.807) is 26.0 Å². The van der Waals surface area contributed by atoms with Gasteiger partial charge in [-0.15, -0.1) is 0 Å². The third-order valence-corrected chi connectivity index (χ3v) is 4.34. The van der Waals surface area contributed by atoms with Crippen molar-refractivity contribution in [3.8, 4) is 0 Å². The topological polar surface area (TPSA) is 58.5 Å². The first kappa shape index (κ1) is 16.1. The van der Waals surface area contributed by atoms with E-state index in [0.29, 0.717) is 11.6 Å². The number of aryl methyl sites for hydroxylation is 2. The highest BCUT2D eigenvalue weighted by Gasteiger charge is 2.15. The predicted molar refractivity (Wildman–Crippen MR) is 80.2 cm³/mol. The van der Waals surface area contributed by atoms with E-state index in [1.807, 2.05) is 4.83 Å². The molecule has 0 heterocycles. The minimum atomic E-state index is -3.85. The van der Waals surface area contributed by atoms with Gasteiger partial charge in [0, 0.05) is 11.6 Å². The first-order valence-electron chi connectivity index (χ1n) is 6.37. The molecule has 0 aromatic heterocycles. The number of hydrogen-bond acceptors (Lipinski definition) is 3. The van der Waals surface area contributed by atoms with Crippen LogP contribution in [0.3, 0.4) is 0 Å². The van der Waals surface area contributed by atoms with Crippen LogP contribution >= 0.6 is 0 Å². The summed E-state index contributed by atoms with van der Waals surface area (Å²) < 4.78 is 50.5. The third kappa shape index (κ3) is 3.67. The van der Waals surface area contributed by atoms with Gasteiger partial charge in [-0.25, -0.2) is 13.6 Å². The standard InChI is InChI=1S/C15H14F2N2O2S/c1-10-3-4-11(2)15(7-10)22(20,21)19-18-9-12-5-6-13(16)8-14(12)17/h3-9,19H,1-2H3/b18-9-. The van der Waals surface area contributed by atoms with Crippen molar-refractivity contribution in [1.29, 1.82) is 0 Å². The molecule has 0 fully saturated rings. The van der Waals surface area contributed by atoms with E-state index in [9.17, 15) is 17.2 Å². The predicted octanol–water partition coefficient (Wildman–Crippen LogP) is 2.89. The lowest BCUT2D eigenvalue weighted by Gasteiger charge is -2.07. The lowest BCUT2D eigenvalue weighted by atomic mass is 10.2. The Morgan fingerprint density at radius 2 is 1.82 bits per heavy atom. The normalized spacial score (nSPS) is 11.8. The first-order valence-corrected chi connectivity index (χ1v) is 7.85. The van der Waals surface area contributed by atoms with Crippen LogP contribution in [-0.2, 0) is 10.0 Å². The first-order chi connectivity index (χ1) is 10.3. The smallest absolute Gasteiger partial charge is 0.207 e. The van der Waals surface area contributed by atoms with Crippen molar-refractivity contribution in [2.24, 2.45) is 5.10 Å². The second-order valence-electron chi connectivity index (χ2n) is 4.79. The van der Waals surface area contributed by atoms with Gasteiger partial charge >= 0.3 is 0 Å². The molecule has 0 aliphatic heterocycles. The molecule has 116 valence electrons. The van der Waals surface area contributed by atoms with Gasteiger partial charge in [-0.3, -0.25) is 0 Å². The van der Waals surface area contributed by atoms with E-state index < -0.39 is 21.7 Å². The van der Waals surface area contributed by atoms with Crippen LogP contribution < -0.4 is 4.83 Å². The molecule has 0 unspecified atom stereocenters. The molecule has 2 rings (SSSR count). The Bertz CT molecular complexity index is 833. The zero-order chi connectivity index (χ0) is 16.3. The van der Waals surface area contributed by atoms with E-state index in [0.717, 1.165) is 17.8 Å². The summed E-state index contributed by atoms with van der Waals surface area (Å²) in [6.07, 6.45) is 0.984. The van der Waals surface area contributed by atoms with E-state index in [4.69, 9.17) is 0 Å². The van der Waals surface area contributed by atoms with Gasteiger partial charge in [0.15, 0.2) is 0 Å². The van der Waals surface area contributed by atoms with Crippen molar-refractivity contribution >= 4 is 16.2 Å². The molecule has 0 atom stereocenters. The molecule has 0 aliphatic rings. The average Bonchev–Trinajstić information content (AvgIpc) is 2.44. The third-order valence-electron chi connectivity index (χ3n) is 2.97. The van der Waals surface area contributed by atoms with Crippen molar-refractivity contribution in [1.82, 2.24) is 4.83 Å². The fraction of sp³-hybridized carbons (Fsp3) is 0.133. The summed E-state index contributed by atoms with van der Waals surface area (Å²) in [7, 11) is -3.85. The van der Waals surface area contributed by atoms with Gasteiger partial charge in [0.2, 0.25) is 0 Å². The maximum Gasteiger partial charge on any atom is 0.276 e. The maximum atomic E-state index is 13.4. The second-order valence-corrected chi connectivity index (χ2v) is 6.42. The number of sulfonamides is 1. The number of rotatable bonds is 4. The van der Waals surface area contributed by atoms with Crippen molar-refractivity contribution < 1.29 is 17.2 Å². The molecule has 7 heteroatoms. The molecular weight excluding hydrogens is 310 g/mol. The minimum absolute atomic E-state index is 0.0231. The number of nitrogens with one attached hydrogen (secondary N) is 1. The van der Waals surface area contributed by atoms with Crippen LogP contribution in [0.15, 0.2) is 46.4 Å². The Kier molecular flexibility index (Phi) is 4.56. The summed E-state index contributed by atoms with van der Waals surface area (Å²) in [6.45, 7) is 3.44. The Balaban J connectivity index is 2.22. The number of benzene rings is 2. The summed E-state index contributed by atoms with van der Waals surface area (Å²) in [5.41, 5.74) is 1.34. The van der Waals surface area contributed by atoms with E-state index >= 15 is 0 Å². The molecule has 0 radical (unpaired) electrons. The Morgan fingerprint density at radius 1 is 1.09 bits per heavy atom. The lowest BCUT2D eigenvalue weighted by molar-refractivity contribution is 0.580. The van der Waals surface area contributed by atoms with Gasteiger partial charge < -0.3 is 0 Å². The highest BCUT2D eigenvalue weighted by molar-refractivity contribution is 7.89. The van der Waals surface area contributed by atoms with E-state index in [1.165, 1.54) is 12.1 Å². The molecule has 1 N–H and O–H groups in total.